The maximum atomic E-state index is 11.7. The number of carbonyl (C=O) groups is 2. The van der Waals surface area contributed by atoms with Crippen molar-refractivity contribution in [2.75, 3.05) is 7.05 Å². The Bertz CT molecular complexity index is 508. The Kier molecular flexibility index (Phi) is 5.39. The minimum atomic E-state index is -1.06. The highest BCUT2D eigenvalue weighted by Gasteiger charge is 2.19. The largest absolute Gasteiger partial charge is 0.480 e. The smallest absolute Gasteiger partial charge is 0.326 e. The third-order valence-corrected chi connectivity index (χ3v) is 3.03. The molecule has 1 rings (SSSR count). The highest BCUT2D eigenvalue weighted by molar-refractivity contribution is 6.34. The lowest BCUT2D eigenvalue weighted by Gasteiger charge is -2.19. The third kappa shape index (κ3) is 4.58. The molecule has 0 aliphatic heterocycles. The van der Waals surface area contributed by atoms with E-state index in [4.69, 9.17) is 28.3 Å². The first-order chi connectivity index (χ1) is 8.81. The van der Waals surface area contributed by atoms with Crippen LogP contribution < -0.4 is 0 Å². The lowest BCUT2D eigenvalue weighted by molar-refractivity contribution is -0.146. The van der Waals surface area contributed by atoms with Gasteiger partial charge in [-0.05, 0) is 36.8 Å². The molecule has 0 aromatic heterocycles. The van der Waals surface area contributed by atoms with Crippen LogP contribution in [-0.4, -0.2) is 35.0 Å². The Balaban J connectivity index is 2.81. The van der Waals surface area contributed by atoms with Crippen molar-refractivity contribution in [1.29, 1.82) is 0 Å². The zero-order valence-electron chi connectivity index (χ0n) is 10.4. The summed E-state index contributed by atoms with van der Waals surface area (Å²) in [6.45, 7) is 1.43. The maximum Gasteiger partial charge on any atom is 0.326 e. The molecule has 4 nitrogen and oxygen atoms in total. The molecule has 0 fully saturated rings. The summed E-state index contributed by atoms with van der Waals surface area (Å²) in [4.78, 5) is 23.6. The fraction of sp³-hybridized carbons (Fsp3) is 0.231. The number of carboxylic acids is 1. The van der Waals surface area contributed by atoms with Crippen molar-refractivity contribution in [3.8, 4) is 0 Å². The molecule has 1 N–H and O–H groups in total. The number of likely N-dealkylation sites (N-methyl/N-ethyl adjacent to an activating group) is 1. The van der Waals surface area contributed by atoms with Gasteiger partial charge in [-0.1, -0.05) is 23.2 Å². The number of benzene rings is 1. The van der Waals surface area contributed by atoms with Gasteiger partial charge < -0.3 is 10.0 Å². The van der Waals surface area contributed by atoms with Gasteiger partial charge in [-0.15, -0.1) is 0 Å². The summed E-state index contributed by atoms with van der Waals surface area (Å²) >= 11 is 11.7. The normalized spacial score (nSPS) is 12.4. The van der Waals surface area contributed by atoms with Gasteiger partial charge in [0.05, 0.1) is 0 Å². The van der Waals surface area contributed by atoms with Crippen LogP contribution in [0.2, 0.25) is 10.0 Å². The number of nitrogens with zero attached hydrogens (tertiary/aromatic N) is 1. The minimum Gasteiger partial charge on any atom is -0.480 e. The molecule has 0 spiro atoms. The Morgan fingerprint density at radius 2 is 1.79 bits per heavy atom. The van der Waals surface area contributed by atoms with Crippen LogP contribution in [0.15, 0.2) is 24.3 Å². The molecule has 19 heavy (non-hydrogen) atoms. The second-order valence-corrected chi connectivity index (χ2v) is 4.87. The second kappa shape index (κ2) is 6.59. The number of carboxylic acid groups (broad SMARTS) is 1. The highest BCUT2D eigenvalue weighted by Crippen LogP contribution is 2.19. The van der Waals surface area contributed by atoms with E-state index in [1.165, 1.54) is 26.1 Å². The minimum absolute atomic E-state index is 0.411. The summed E-state index contributed by atoms with van der Waals surface area (Å²) in [5.41, 5.74) is 0.669. The number of halogens is 2. The van der Waals surface area contributed by atoms with Crippen molar-refractivity contribution in [2.45, 2.75) is 13.0 Å². The lowest BCUT2D eigenvalue weighted by Crippen LogP contribution is -2.39. The molecule has 1 aromatic rings. The van der Waals surface area contributed by atoms with Crippen molar-refractivity contribution >= 4 is 41.2 Å². The molecule has 0 heterocycles. The quantitative estimate of drug-likeness (QED) is 0.870. The van der Waals surface area contributed by atoms with Gasteiger partial charge in [0.15, 0.2) is 0 Å². The number of hydrogen-bond acceptors (Lipinski definition) is 2. The van der Waals surface area contributed by atoms with Crippen LogP contribution in [0.4, 0.5) is 0 Å². The van der Waals surface area contributed by atoms with Gasteiger partial charge in [-0.25, -0.2) is 4.79 Å². The zero-order chi connectivity index (χ0) is 14.6. The van der Waals surface area contributed by atoms with Crippen molar-refractivity contribution in [3.63, 3.8) is 0 Å². The van der Waals surface area contributed by atoms with Crippen LogP contribution in [0.25, 0.3) is 6.08 Å². The fourth-order valence-corrected chi connectivity index (χ4v) is 1.86. The van der Waals surface area contributed by atoms with Crippen LogP contribution in [0.1, 0.15) is 12.5 Å². The molecular weight excluding hydrogens is 289 g/mol. The van der Waals surface area contributed by atoms with Crippen molar-refractivity contribution in [1.82, 2.24) is 4.90 Å². The monoisotopic (exact) mass is 301 g/mol. The molecule has 0 bridgehead atoms. The van der Waals surface area contributed by atoms with E-state index < -0.39 is 17.9 Å². The molecule has 1 unspecified atom stereocenters. The second-order valence-electron chi connectivity index (χ2n) is 4.00. The van der Waals surface area contributed by atoms with Gasteiger partial charge in [0.2, 0.25) is 5.91 Å². The Morgan fingerprint density at radius 1 is 1.26 bits per heavy atom. The summed E-state index contributed by atoms with van der Waals surface area (Å²) in [7, 11) is 1.43. The number of hydrogen-bond donors (Lipinski definition) is 1. The van der Waals surface area contributed by atoms with Gasteiger partial charge >= 0.3 is 5.97 Å². The van der Waals surface area contributed by atoms with E-state index in [0.717, 1.165) is 4.90 Å². The van der Waals surface area contributed by atoms with Gasteiger partial charge in [-0.3, -0.25) is 4.79 Å². The third-order valence-electron chi connectivity index (χ3n) is 2.59. The van der Waals surface area contributed by atoms with E-state index in [-0.39, 0.29) is 0 Å². The topological polar surface area (TPSA) is 57.6 Å². The van der Waals surface area contributed by atoms with Gasteiger partial charge in [0, 0.05) is 23.2 Å². The Labute approximate surface area is 121 Å². The molecule has 0 saturated heterocycles. The van der Waals surface area contributed by atoms with Gasteiger partial charge in [0.1, 0.15) is 6.04 Å². The summed E-state index contributed by atoms with van der Waals surface area (Å²) in [6, 6.07) is 4.00. The molecule has 1 amide bonds. The predicted octanol–water partition coefficient (Wildman–Crippen LogP) is 2.94. The lowest BCUT2D eigenvalue weighted by atomic mass is 10.2. The summed E-state index contributed by atoms with van der Waals surface area (Å²) in [5.74, 6) is -1.47. The summed E-state index contributed by atoms with van der Waals surface area (Å²) < 4.78 is 0. The molecule has 6 heteroatoms. The SMILES string of the molecule is CC(C(=O)O)N(C)C(=O)C=Cc1cc(Cl)cc(Cl)c1. The van der Waals surface area contributed by atoms with Crippen LogP contribution >= 0.6 is 23.2 Å². The number of carbonyl (C=O) groups excluding carboxylic acids is 1. The van der Waals surface area contributed by atoms with Crippen molar-refractivity contribution in [2.24, 2.45) is 0 Å². The number of aliphatic carboxylic acids is 1. The summed E-state index contributed by atoms with van der Waals surface area (Å²) in [6.07, 6.45) is 2.81. The van der Waals surface area contributed by atoms with E-state index >= 15 is 0 Å². The molecule has 102 valence electrons. The standard InChI is InChI=1S/C13H13Cl2NO3/c1-8(13(18)19)16(2)12(17)4-3-9-5-10(14)7-11(15)6-9/h3-8H,1-2H3,(H,18,19). The van der Waals surface area contributed by atoms with Crippen molar-refractivity contribution < 1.29 is 14.7 Å². The van der Waals surface area contributed by atoms with Gasteiger partial charge in [-0.2, -0.15) is 0 Å². The van der Waals surface area contributed by atoms with Crippen LogP contribution in [0, 0.1) is 0 Å². The Hall–Kier alpha value is -1.52. The maximum absolute atomic E-state index is 11.7. The summed E-state index contributed by atoms with van der Waals surface area (Å²) in [5, 5.41) is 9.74. The van der Waals surface area contributed by atoms with E-state index in [2.05, 4.69) is 0 Å². The molecule has 1 aromatic carbocycles. The average molecular weight is 302 g/mol. The van der Waals surface area contributed by atoms with Crippen LogP contribution in [0.3, 0.4) is 0 Å². The Morgan fingerprint density at radius 3 is 2.26 bits per heavy atom. The molecule has 1 atom stereocenters. The molecule has 0 saturated carbocycles. The van der Waals surface area contributed by atoms with E-state index in [1.807, 2.05) is 0 Å². The van der Waals surface area contributed by atoms with E-state index in [1.54, 1.807) is 18.2 Å². The molecule has 0 aliphatic carbocycles. The average Bonchev–Trinajstić information content (AvgIpc) is 2.32. The first-order valence-corrected chi connectivity index (χ1v) is 6.20. The predicted molar refractivity (Wildman–Crippen MR) is 75.4 cm³/mol. The van der Waals surface area contributed by atoms with Crippen LogP contribution in [-0.2, 0) is 9.59 Å². The molecule has 0 aliphatic rings. The first-order valence-electron chi connectivity index (χ1n) is 5.45. The van der Waals surface area contributed by atoms with E-state index in [0.29, 0.717) is 15.6 Å². The molecule has 0 radical (unpaired) electrons. The van der Waals surface area contributed by atoms with Gasteiger partial charge in [0.25, 0.3) is 0 Å². The van der Waals surface area contributed by atoms with Crippen LogP contribution in [0.5, 0.6) is 0 Å². The number of amides is 1. The molecular formula is C13H13Cl2NO3. The fourth-order valence-electron chi connectivity index (χ4n) is 1.31. The number of rotatable bonds is 4. The highest BCUT2D eigenvalue weighted by atomic mass is 35.5. The zero-order valence-corrected chi connectivity index (χ0v) is 11.9. The van der Waals surface area contributed by atoms with E-state index in [9.17, 15) is 9.59 Å². The first kappa shape index (κ1) is 15.5. The van der Waals surface area contributed by atoms with Crippen molar-refractivity contribution in [3.05, 3.63) is 39.9 Å².